The number of nitrogens with one attached hydrogen (secondary N) is 1. The quantitative estimate of drug-likeness (QED) is 0.796. The first kappa shape index (κ1) is 13.3. The Kier molecular flexibility index (Phi) is 3.34. The first-order chi connectivity index (χ1) is 9.61. The molecule has 1 N–H and O–H groups in total. The molecule has 1 aromatic carbocycles. The lowest BCUT2D eigenvalue weighted by Crippen LogP contribution is -2.44. The summed E-state index contributed by atoms with van der Waals surface area (Å²) in [7, 11) is 0. The van der Waals surface area contributed by atoms with Gasteiger partial charge in [-0.3, -0.25) is 14.5 Å². The highest BCUT2D eigenvalue weighted by Gasteiger charge is 2.41. The molecule has 0 saturated carbocycles. The van der Waals surface area contributed by atoms with Crippen LogP contribution in [0.4, 0.5) is 0 Å². The van der Waals surface area contributed by atoms with Crippen LogP contribution in [-0.4, -0.2) is 35.8 Å². The molecule has 2 aliphatic heterocycles. The van der Waals surface area contributed by atoms with Crippen LogP contribution in [0.2, 0.25) is 0 Å². The average molecular weight is 272 g/mol. The third-order valence-corrected chi connectivity index (χ3v) is 4.37. The third kappa shape index (κ3) is 1.95. The summed E-state index contributed by atoms with van der Waals surface area (Å²) in [6.45, 7) is 5.48. The Bertz CT molecular complexity index is 531. The van der Waals surface area contributed by atoms with Gasteiger partial charge in [0, 0.05) is 6.54 Å². The number of imide groups is 1. The zero-order valence-electron chi connectivity index (χ0n) is 12.0. The molecule has 1 fully saturated rings. The number of amides is 2. The molecule has 4 nitrogen and oxygen atoms in total. The Labute approximate surface area is 119 Å². The molecule has 0 radical (unpaired) electrons. The predicted molar refractivity (Wildman–Crippen MR) is 76.9 cm³/mol. The monoisotopic (exact) mass is 272 g/mol. The summed E-state index contributed by atoms with van der Waals surface area (Å²) in [5, 5.41) is 3.33. The maximum Gasteiger partial charge on any atom is 0.262 e. The number of nitrogens with zero attached hydrogens (tertiary/aromatic N) is 1. The van der Waals surface area contributed by atoms with Gasteiger partial charge in [-0.15, -0.1) is 0 Å². The highest BCUT2D eigenvalue weighted by atomic mass is 16.2. The van der Waals surface area contributed by atoms with Crippen LogP contribution in [0.25, 0.3) is 0 Å². The van der Waals surface area contributed by atoms with Crippen molar-refractivity contribution in [1.29, 1.82) is 0 Å². The molecule has 0 spiro atoms. The number of carbonyl (C=O) groups excluding carboxylic acids is 2. The molecule has 1 aromatic rings. The van der Waals surface area contributed by atoms with E-state index in [4.69, 9.17) is 0 Å². The minimum absolute atomic E-state index is 0.0105. The Hall–Kier alpha value is -1.68. The Morgan fingerprint density at radius 1 is 1.05 bits per heavy atom. The van der Waals surface area contributed by atoms with E-state index in [0.717, 1.165) is 36.9 Å². The van der Waals surface area contributed by atoms with E-state index >= 15 is 0 Å². The fraction of sp³-hybridized carbons (Fsp3) is 0.500. The van der Waals surface area contributed by atoms with Crippen LogP contribution >= 0.6 is 0 Å². The van der Waals surface area contributed by atoms with E-state index in [1.165, 1.54) is 4.90 Å². The van der Waals surface area contributed by atoms with Gasteiger partial charge in [-0.05, 0) is 44.4 Å². The molecular formula is C16H20N2O2. The van der Waals surface area contributed by atoms with E-state index in [-0.39, 0.29) is 17.9 Å². The zero-order chi connectivity index (χ0) is 14.3. The molecule has 1 unspecified atom stereocenters. The van der Waals surface area contributed by atoms with Crippen molar-refractivity contribution >= 4 is 11.8 Å². The van der Waals surface area contributed by atoms with Gasteiger partial charge in [0.1, 0.15) is 0 Å². The van der Waals surface area contributed by atoms with Crippen molar-refractivity contribution in [3.8, 4) is 0 Å². The van der Waals surface area contributed by atoms with E-state index in [1.54, 1.807) is 0 Å². The maximum absolute atomic E-state index is 12.7. The van der Waals surface area contributed by atoms with Crippen molar-refractivity contribution in [3.63, 3.8) is 0 Å². The molecular weight excluding hydrogens is 252 g/mol. The van der Waals surface area contributed by atoms with Crippen LogP contribution < -0.4 is 5.32 Å². The van der Waals surface area contributed by atoms with Gasteiger partial charge in [-0.25, -0.2) is 0 Å². The van der Waals surface area contributed by atoms with Gasteiger partial charge in [0.15, 0.2) is 0 Å². The second kappa shape index (κ2) is 5.02. The molecule has 0 aromatic heterocycles. The SMILES string of the molecule is Cc1ccc(C)c2c1C(=O)N(C1CCCCNC1)C2=O. The van der Waals surface area contributed by atoms with Gasteiger partial charge in [0.2, 0.25) is 0 Å². The normalized spacial score (nSPS) is 22.9. The van der Waals surface area contributed by atoms with Crippen molar-refractivity contribution in [2.24, 2.45) is 0 Å². The Balaban J connectivity index is 2.00. The number of hydrogen-bond acceptors (Lipinski definition) is 3. The van der Waals surface area contributed by atoms with Gasteiger partial charge in [0.25, 0.3) is 11.8 Å². The van der Waals surface area contributed by atoms with Gasteiger partial charge in [-0.1, -0.05) is 18.6 Å². The second-order valence-electron chi connectivity index (χ2n) is 5.78. The molecule has 20 heavy (non-hydrogen) atoms. The van der Waals surface area contributed by atoms with Crippen LogP contribution in [0.3, 0.4) is 0 Å². The summed E-state index contributed by atoms with van der Waals surface area (Å²) in [6.07, 6.45) is 3.07. The maximum atomic E-state index is 12.7. The van der Waals surface area contributed by atoms with Gasteiger partial charge >= 0.3 is 0 Å². The lowest BCUT2D eigenvalue weighted by Gasteiger charge is -2.24. The van der Waals surface area contributed by atoms with Crippen LogP contribution in [0.1, 0.15) is 51.1 Å². The smallest absolute Gasteiger partial charge is 0.262 e. The first-order valence-corrected chi connectivity index (χ1v) is 7.30. The number of carbonyl (C=O) groups is 2. The number of hydrogen-bond donors (Lipinski definition) is 1. The molecule has 4 heteroatoms. The average Bonchev–Trinajstić information content (AvgIpc) is 2.62. The largest absolute Gasteiger partial charge is 0.315 e. The van der Waals surface area contributed by atoms with Crippen molar-refractivity contribution in [2.45, 2.75) is 39.2 Å². The van der Waals surface area contributed by atoms with E-state index in [9.17, 15) is 9.59 Å². The molecule has 0 bridgehead atoms. The molecule has 0 aliphatic carbocycles. The first-order valence-electron chi connectivity index (χ1n) is 7.30. The highest BCUT2D eigenvalue weighted by Crippen LogP contribution is 2.31. The molecule has 106 valence electrons. The van der Waals surface area contributed by atoms with Gasteiger partial charge < -0.3 is 5.32 Å². The Morgan fingerprint density at radius 2 is 1.65 bits per heavy atom. The van der Waals surface area contributed by atoms with E-state index < -0.39 is 0 Å². The summed E-state index contributed by atoms with van der Waals surface area (Å²) in [4.78, 5) is 26.8. The zero-order valence-corrected chi connectivity index (χ0v) is 12.0. The van der Waals surface area contributed by atoms with Crippen LogP contribution in [-0.2, 0) is 0 Å². The molecule has 1 saturated heterocycles. The van der Waals surface area contributed by atoms with Crippen LogP contribution in [0, 0.1) is 13.8 Å². The summed E-state index contributed by atoms with van der Waals surface area (Å²) in [6, 6.07) is 3.84. The Morgan fingerprint density at radius 3 is 2.25 bits per heavy atom. The van der Waals surface area contributed by atoms with Crippen molar-refractivity contribution in [3.05, 3.63) is 34.4 Å². The molecule has 2 heterocycles. The van der Waals surface area contributed by atoms with Gasteiger partial charge in [0.05, 0.1) is 17.2 Å². The standard InChI is InChI=1S/C16H20N2O2/c1-10-6-7-11(2)14-13(10)15(19)18(16(14)20)12-5-3-4-8-17-9-12/h6-7,12,17H,3-5,8-9H2,1-2H3. The minimum atomic E-state index is -0.111. The second-order valence-corrected chi connectivity index (χ2v) is 5.78. The summed E-state index contributed by atoms with van der Waals surface area (Å²) >= 11 is 0. The fourth-order valence-corrected chi connectivity index (χ4v) is 3.25. The summed E-state index contributed by atoms with van der Waals surface area (Å²) < 4.78 is 0. The van der Waals surface area contributed by atoms with Crippen molar-refractivity contribution < 1.29 is 9.59 Å². The van der Waals surface area contributed by atoms with Crippen molar-refractivity contribution in [1.82, 2.24) is 10.2 Å². The third-order valence-electron chi connectivity index (χ3n) is 4.37. The number of aryl methyl sites for hydroxylation is 2. The number of rotatable bonds is 1. The molecule has 3 rings (SSSR count). The molecule has 2 amide bonds. The molecule has 2 aliphatic rings. The lowest BCUT2D eigenvalue weighted by molar-refractivity contribution is 0.0578. The fourth-order valence-electron chi connectivity index (χ4n) is 3.25. The summed E-state index contributed by atoms with van der Waals surface area (Å²) in [5.41, 5.74) is 3.01. The van der Waals surface area contributed by atoms with E-state index in [1.807, 2.05) is 26.0 Å². The van der Waals surface area contributed by atoms with Crippen LogP contribution in [0.5, 0.6) is 0 Å². The van der Waals surface area contributed by atoms with Crippen molar-refractivity contribution in [2.75, 3.05) is 13.1 Å². The minimum Gasteiger partial charge on any atom is -0.315 e. The molecule has 1 atom stereocenters. The number of benzene rings is 1. The highest BCUT2D eigenvalue weighted by molar-refractivity contribution is 6.22. The van der Waals surface area contributed by atoms with Gasteiger partial charge in [-0.2, -0.15) is 0 Å². The number of fused-ring (bicyclic) bond motifs is 1. The summed E-state index contributed by atoms with van der Waals surface area (Å²) in [5.74, 6) is -0.222. The lowest BCUT2D eigenvalue weighted by atomic mass is 9.99. The topological polar surface area (TPSA) is 49.4 Å². The van der Waals surface area contributed by atoms with Crippen LogP contribution in [0.15, 0.2) is 12.1 Å². The predicted octanol–water partition coefficient (Wildman–Crippen LogP) is 2.04. The van der Waals surface area contributed by atoms with E-state index in [0.29, 0.717) is 17.7 Å². The van der Waals surface area contributed by atoms with E-state index in [2.05, 4.69) is 5.32 Å².